The van der Waals surface area contributed by atoms with E-state index in [1.54, 1.807) is 0 Å². The Hall–Kier alpha value is -1.79. The molecule has 1 aromatic rings. The molecular weight excluding hydrogens is 296 g/mol. The molecule has 2 unspecified atom stereocenters. The fourth-order valence-electron chi connectivity index (χ4n) is 2.53. The molecular formula is C14H17ClN2O4. The molecule has 3 N–H and O–H groups in total. The molecule has 0 radical (unpaired) electrons. The highest BCUT2D eigenvalue weighted by molar-refractivity contribution is 6.31. The minimum Gasteiger partial charge on any atom is -0.478 e. The molecule has 0 bridgehead atoms. The number of anilines is 1. The van der Waals surface area contributed by atoms with Crippen molar-refractivity contribution in [1.29, 1.82) is 0 Å². The van der Waals surface area contributed by atoms with E-state index in [1.165, 1.54) is 23.1 Å². The van der Waals surface area contributed by atoms with Gasteiger partial charge in [-0.05, 0) is 30.5 Å². The van der Waals surface area contributed by atoms with Crippen molar-refractivity contribution in [2.75, 3.05) is 18.5 Å². The Morgan fingerprint density at radius 1 is 1.48 bits per heavy atom. The van der Waals surface area contributed by atoms with E-state index in [0.717, 1.165) is 6.42 Å². The van der Waals surface area contributed by atoms with E-state index in [0.29, 0.717) is 6.54 Å². The highest BCUT2D eigenvalue weighted by Gasteiger charge is 2.34. The second-order valence-corrected chi connectivity index (χ2v) is 5.57. The largest absolute Gasteiger partial charge is 0.478 e. The number of nitrogens with zero attached hydrogens (tertiary/aromatic N) is 1. The van der Waals surface area contributed by atoms with E-state index in [4.69, 9.17) is 16.7 Å². The van der Waals surface area contributed by atoms with E-state index < -0.39 is 12.0 Å². The number of rotatable bonds is 3. The minimum absolute atomic E-state index is 0.0661. The predicted molar refractivity (Wildman–Crippen MR) is 78.8 cm³/mol. The molecule has 2 rings (SSSR count). The molecule has 0 aromatic heterocycles. The first kappa shape index (κ1) is 15.6. The average Bonchev–Trinajstić information content (AvgIpc) is 2.81. The van der Waals surface area contributed by atoms with Gasteiger partial charge in [0, 0.05) is 11.6 Å². The molecule has 1 fully saturated rings. The smallest absolute Gasteiger partial charge is 0.337 e. The van der Waals surface area contributed by atoms with E-state index in [9.17, 15) is 14.7 Å². The number of amides is 2. The van der Waals surface area contributed by atoms with Crippen molar-refractivity contribution in [3.05, 3.63) is 28.8 Å². The number of carboxylic acid groups (broad SMARTS) is 1. The van der Waals surface area contributed by atoms with Crippen LogP contribution in [0, 0.1) is 5.92 Å². The first-order chi connectivity index (χ1) is 9.93. The molecule has 6 nitrogen and oxygen atoms in total. The number of aromatic carboxylic acids is 1. The second kappa shape index (κ2) is 6.32. The van der Waals surface area contributed by atoms with Gasteiger partial charge in [0.25, 0.3) is 0 Å². The Morgan fingerprint density at radius 2 is 2.19 bits per heavy atom. The Labute approximate surface area is 127 Å². The van der Waals surface area contributed by atoms with Crippen LogP contribution in [0.25, 0.3) is 0 Å². The van der Waals surface area contributed by atoms with E-state index in [2.05, 4.69) is 5.32 Å². The zero-order valence-corrected chi connectivity index (χ0v) is 12.3. The van der Waals surface area contributed by atoms with Crippen LogP contribution in [-0.4, -0.2) is 46.3 Å². The van der Waals surface area contributed by atoms with Crippen molar-refractivity contribution >= 4 is 29.3 Å². The lowest BCUT2D eigenvalue weighted by molar-refractivity contribution is 0.0698. The fraction of sp³-hybridized carbons (Fsp3) is 0.429. The summed E-state index contributed by atoms with van der Waals surface area (Å²) in [6.45, 7) is 2.40. The van der Waals surface area contributed by atoms with Gasteiger partial charge < -0.3 is 20.4 Å². The number of likely N-dealkylation sites (tertiary alicyclic amines) is 1. The summed E-state index contributed by atoms with van der Waals surface area (Å²) >= 11 is 5.77. The Balaban J connectivity index is 2.18. The van der Waals surface area contributed by atoms with Gasteiger partial charge in [-0.2, -0.15) is 0 Å². The molecule has 2 amide bonds. The number of benzene rings is 1. The number of halogens is 1. The highest BCUT2D eigenvalue weighted by Crippen LogP contribution is 2.26. The van der Waals surface area contributed by atoms with Gasteiger partial charge in [0.05, 0.1) is 23.9 Å². The molecule has 2 atom stereocenters. The fourth-order valence-corrected chi connectivity index (χ4v) is 2.70. The molecule has 1 aliphatic heterocycles. The van der Waals surface area contributed by atoms with E-state index in [1.807, 2.05) is 6.92 Å². The summed E-state index contributed by atoms with van der Waals surface area (Å²) in [4.78, 5) is 25.0. The topological polar surface area (TPSA) is 89.9 Å². The number of urea groups is 1. The molecule has 0 saturated carbocycles. The number of aliphatic hydroxyl groups excluding tert-OH is 1. The molecule has 1 saturated heterocycles. The maximum atomic E-state index is 12.3. The number of nitrogens with one attached hydrogen (secondary N) is 1. The Morgan fingerprint density at radius 3 is 2.81 bits per heavy atom. The van der Waals surface area contributed by atoms with Crippen LogP contribution in [0.15, 0.2) is 18.2 Å². The van der Waals surface area contributed by atoms with E-state index >= 15 is 0 Å². The zero-order valence-electron chi connectivity index (χ0n) is 11.5. The summed E-state index contributed by atoms with van der Waals surface area (Å²) in [5, 5.41) is 21.4. The number of hydrogen-bond acceptors (Lipinski definition) is 3. The predicted octanol–water partition coefficient (Wildman–Crippen LogP) is 2.27. The summed E-state index contributed by atoms with van der Waals surface area (Å²) < 4.78 is 0. The van der Waals surface area contributed by atoms with E-state index in [-0.39, 0.29) is 34.8 Å². The van der Waals surface area contributed by atoms with Crippen LogP contribution in [0.3, 0.4) is 0 Å². The Bertz CT molecular complexity index is 564. The molecule has 0 aliphatic carbocycles. The quantitative estimate of drug-likeness (QED) is 0.798. The van der Waals surface area contributed by atoms with Crippen LogP contribution in [0.4, 0.5) is 10.5 Å². The van der Waals surface area contributed by atoms with Gasteiger partial charge in [-0.3, -0.25) is 0 Å². The summed E-state index contributed by atoms with van der Waals surface area (Å²) in [6, 6.07) is 3.60. The monoisotopic (exact) mass is 312 g/mol. The van der Waals surface area contributed by atoms with Gasteiger partial charge in [0.2, 0.25) is 0 Å². The summed E-state index contributed by atoms with van der Waals surface area (Å²) in [5.41, 5.74) is 0.122. The molecule has 7 heteroatoms. The summed E-state index contributed by atoms with van der Waals surface area (Å²) in [7, 11) is 0. The molecule has 21 heavy (non-hydrogen) atoms. The average molecular weight is 313 g/mol. The maximum Gasteiger partial charge on any atom is 0.337 e. The number of carbonyl (C=O) groups excluding carboxylic acids is 1. The highest BCUT2D eigenvalue weighted by atomic mass is 35.5. The number of carbonyl (C=O) groups is 2. The molecule has 0 spiro atoms. The van der Waals surface area contributed by atoms with Crippen LogP contribution in [0.2, 0.25) is 5.02 Å². The van der Waals surface area contributed by atoms with Gasteiger partial charge in [-0.1, -0.05) is 18.5 Å². The molecule has 114 valence electrons. The lowest BCUT2D eigenvalue weighted by Crippen LogP contribution is -2.42. The zero-order chi connectivity index (χ0) is 15.6. The summed E-state index contributed by atoms with van der Waals surface area (Å²) in [5.74, 6) is -0.953. The minimum atomic E-state index is -1.17. The van der Waals surface area contributed by atoms with Crippen molar-refractivity contribution in [2.45, 2.75) is 19.4 Å². The van der Waals surface area contributed by atoms with Crippen LogP contribution in [0.5, 0.6) is 0 Å². The van der Waals surface area contributed by atoms with Crippen LogP contribution >= 0.6 is 11.6 Å². The number of aliphatic hydroxyl groups is 1. The van der Waals surface area contributed by atoms with Crippen molar-refractivity contribution in [2.24, 2.45) is 5.92 Å². The lowest BCUT2D eigenvalue weighted by atomic mass is 10.0. The van der Waals surface area contributed by atoms with Gasteiger partial charge in [0.1, 0.15) is 0 Å². The SMILES string of the molecule is CC1CCN(C(=O)Nc2ccc(Cl)cc2C(=O)O)C1CO. The van der Waals surface area contributed by atoms with Crippen molar-refractivity contribution in [1.82, 2.24) is 4.90 Å². The van der Waals surface area contributed by atoms with Gasteiger partial charge in [0.15, 0.2) is 0 Å². The molecule has 1 aromatic carbocycles. The van der Waals surface area contributed by atoms with Crippen LogP contribution in [0.1, 0.15) is 23.7 Å². The normalized spacial score (nSPS) is 21.4. The second-order valence-electron chi connectivity index (χ2n) is 5.13. The number of carboxylic acids is 1. The standard InChI is InChI=1S/C14H17ClN2O4/c1-8-4-5-17(12(8)7-18)14(21)16-11-3-2-9(15)6-10(11)13(19)20/h2-3,6,8,12,18H,4-5,7H2,1H3,(H,16,21)(H,19,20). The van der Waals surface area contributed by atoms with Crippen molar-refractivity contribution in [3.63, 3.8) is 0 Å². The van der Waals surface area contributed by atoms with Crippen LogP contribution < -0.4 is 5.32 Å². The van der Waals surface area contributed by atoms with Gasteiger partial charge in [-0.25, -0.2) is 9.59 Å². The van der Waals surface area contributed by atoms with Gasteiger partial charge in [-0.15, -0.1) is 0 Å². The first-order valence-electron chi connectivity index (χ1n) is 6.65. The van der Waals surface area contributed by atoms with Crippen LogP contribution in [-0.2, 0) is 0 Å². The summed E-state index contributed by atoms with van der Waals surface area (Å²) in [6.07, 6.45) is 0.811. The lowest BCUT2D eigenvalue weighted by Gasteiger charge is -2.25. The van der Waals surface area contributed by atoms with Gasteiger partial charge >= 0.3 is 12.0 Å². The third-order valence-electron chi connectivity index (χ3n) is 3.78. The molecule has 1 heterocycles. The third-order valence-corrected chi connectivity index (χ3v) is 4.02. The van der Waals surface area contributed by atoms with Crippen molar-refractivity contribution < 1.29 is 19.8 Å². The molecule has 1 aliphatic rings. The maximum absolute atomic E-state index is 12.3. The third kappa shape index (κ3) is 3.28. The first-order valence-corrected chi connectivity index (χ1v) is 7.03. The Kier molecular flexibility index (Phi) is 4.69. The number of hydrogen-bond donors (Lipinski definition) is 3. The van der Waals surface area contributed by atoms with Crippen molar-refractivity contribution in [3.8, 4) is 0 Å².